The van der Waals surface area contributed by atoms with Crippen LogP contribution in [-0.2, 0) is 15.9 Å². The zero-order chi connectivity index (χ0) is 16.0. The van der Waals surface area contributed by atoms with Gasteiger partial charge < -0.3 is 19.5 Å². The molecule has 118 valence electrons. The van der Waals surface area contributed by atoms with Gasteiger partial charge in [-0.05, 0) is 38.7 Å². The van der Waals surface area contributed by atoms with Gasteiger partial charge in [-0.2, -0.15) is 0 Å². The van der Waals surface area contributed by atoms with Crippen molar-refractivity contribution >= 4 is 18.6 Å². The fourth-order valence-corrected chi connectivity index (χ4v) is 2.70. The maximum Gasteiger partial charge on any atom is 0.494 e. The van der Waals surface area contributed by atoms with Crippen molar-refractivity contribution in [2.45, 2.75) is 45.4 Å². The summed E-state index contributed by atoms with van der Waals surface area (Å²) in [5.74, 6) is 0. The van der Waals surface area contributed by atoms with Gasteiger partial charge in [0.05, 0.1) is 11.2 Å². The second-order valence-corrected chi connectivity index (χ2v) is 6.99. The largest absolute Gasteiger partial charge is 0.494 e. The van der Waals surface area contributed by atoms with Crippen molar-refractivity contribution in [3.05, 3.63) is 29.8 Å². The Morgan fingerprint density at radius 3 is 2.50 bits per heavy atom. The topological polar surface area (TPSA) is 50.8 Å². The fraction of sp³-hybridized carbons (Fsp3) is 0.562. The lowest BCUT2D eigenvalue weighted by molar-refractivity contribution is 0.00578. The molecule has 0 spiro atoms. The minimum absolute atomic E-state index is 0.000959. The van der Waals surface area contributed by atoms with E-state index < -0.39 is 0 Å². The molecule has 2 aliphatic heterocycles. The van der Waals surface area contributed by atoms with Gasteiger partial charge in [-0.3, -0.25) is 0 Å². The minimum atomic E-state index is -0.364. The van der Waals surface area contributed by atoms with E-state index >= 15 is 0 Å². The molecule has 0 aliphatic carbocycles. The van der Waals surface area contributed by atoms with Gasteiger partial charge in [-0.1, -0.05) is 24.3 Å². The molecule has 2 saturated heterocycles. The molecule has 0 bridgehead atoms. The summed E-state index contributed by atoms with van der Waals surface area (Å²) in [6, 6.07) is 8.09. The van der Waals surface area contributed by atoms with E-state index in [1.807, 2.05) is 50.8 Å². The maximum atomic E-state index is 11.7. The third kappa shape index (κ3) is 2.73. The van der Waals surface area contributed by atoms with Crippen LogP contribution in [0.2, 0.25) is 0 Å². The number of carbonyl (C=O) groups excluding carboxylic acids is 1. The van der Waals surface area contributed by atoms with Crippen LogP contribution >= 0.6 is 0 Å². The molecule has 2 fully saturated rings. The number of urea groups is 1. The molecule has 1 N–H and O–H groups in total. The second kappa shape index (κ2) is 5.28. The van der Waals surface area contributed by atoms with Gasteiger partial charge in [0.25, 0.3) is 0 Å². The van der Waals surface area contributed by atoms with E-state index in [1.165, 1.54) is 0 Å². The second-order valence-electron chi connectivity index (χ2n) is 6.99. The molecule has 6 heteroatoms. The molecule has 0 atom stereocenters. The van der Waals surface area contributed by atoms with Crippen molar-refractivity contribution in [2.24, 2.45) is 0 Å². The molecule has 3 rings (SSSR count). The fourth-order valence-electron chi connectivity index (χ4n) is 2.70. The van der Waals surface area contributed by atoms with Crippen LogP contribution in [0, 0.1) is 0 Å². The zero-order valence-electron chi connectivity index (χ0n) is 13.7. The highest BCUT2D eigenvalue weighted by atomic mass is 16.7. The predicted molar refractivity (Wildman–Crippen MR) is 86.0 cm³/mol. The van der Waals surface area contributed by atoms with Gasteiger partial charge in [-0.15, -0.1) is 0 Å². The molecule has 1 aromatic rings. The monoisotopic (exact) mass is 302 g/mol. The van der Waals surface area contributed by atoms with E-state index in [0.717, 1.165) is 24.1 Å². The predicted octanol–water partition coefficient (Wildman–Crippen LogP) is 1.51. The van der Waals surface area contributed by atoms with Crippen LogP contribution < -0.4 is 10.8 Å². The van der Waals surface area contributed by atoms with Crippen molar-refractivity contribution < 1.29 is 14.1 Å². The highest BCUT2D eigenvalue weighted by Crippen LogP contribution is 2.36. The van der Waals surface area contributed by atoms with Gasteiger partial charge in [0.15, 0.2) is 0 Å². The van der Waals surface area contributed by atoms with Crippen LogP contribution in [-0.4, -0.2) is 42.3 Å². The molecule has 0 saturated carbocycles. The molecule has 0 aromatic heterocycles. The van der Waals surface area contributed by atoms with E-state index in [-0.39, 0.29) is 24.4 Å². The molecule has 0 unspecified atom stereocenters. The Bertz CT molecular complexity index is 573. The van der Waals surface area contributed by atoms with Gasteiger partial charge in [0.2, 0.25) is 0 Å². The molecule has 2 aliphatic rings. The Labute approximate surface area is 132 Å². The summed E-state index contributed by atoms with van der Waals surface area (Å²) in [5, 5.41) is 2.82. The molecule has 0 radical (unpaired) electrons. The number of carbonyl (C=O) groups is 1. The van der Waals surface area contributed by atoms with Gasteiger partial charge >= 0.3 is 13.1 Å². The van der Waals surface area contributed by atoms with Gasteiger partial charge in [0.1, 0.15) is 0 Å². The van der Waals surface area contributed by atoms with E-state index in [1.54, 1.807) is 0 Å². The van der Waals surface area contributed by atoms with Crippen molar-refractivity contribution in [3.63, 3.8) is 0 Å². The highest BCUT2D eigenvalue weighted by Gasteiger charge is 2.51. The Kier molecular flexibility index (Phi) is 3.69. The summed E-state index contributed by atoms with van der Waals surface area (Å²) < 4.78 is 12.2. The first-order chi connectivity index (χ1) is 10.3. The Morgan fingerprint density at radius 2 is 1.91 bits per heavy atom. The quantitative estimate of drug-likeness (QED) is 0.861. The van der Waals surface area contributed by atoms with Crippen LogP contribution in [0.25, 0.3) is 0 Å². The first-order valence-corrected chi connectivity index (χ1v) is 7.76. The van der Waals surface area contributed by atoms with Crippen molar-refractivity contribution in [1.82, 2.24) is 10.2 Å². The zero-order valence-corrected chi connectivity index (χ0v) is 13.7. The summed E-state index contributed by atoms with van der Waals surface area (Å²) in [7, 11) is -0.364. The molecule has 2 heterocycles. The Balaban J connectivity index is 1.76. The van der Waals surface area contributed by atoms with E-state index in [2.05, 4.69) is 11.4 Å². The average molecular weight is 302 g/mol. The average Bonchev–Trinajstić information content (AvgIpc) is 2.92. The highest BCUT2D eigenvalue weighted by molar-refractivity contribution is 6.62. The number of rotatable bonds is 3. The molecule has 1 aromatic carbocycles. The summed E-state index contributed by atoms with van der Waals surface area (Å²) in [4.78, 5) is 13.5. The number of nitrogens with zero attached hydrogens (tertiary/aromatic N) is 1. The summed E-state index contributed by atoms with van der Waals surface area (Å²) >= 11 is 0. The van der Waals surface area contributed by atoms with Crippen LogP contribution in [0.15, 0.2) is 24.3 Å². The van der Waals surface area contributed by atoms with Crippen molar-refractivity contribution in [1.29, 1.82) is 0 Å². The maximum absolute atomic E-state index is 11.7. The lowest BCUT2D eigenvalue weighted by Gasteiger charge is -2.32. The third-order valence-corrected chi connectivity index (χ3v) is 4.80. The van der Waals surface area contributed by atoms with Crippen LogP contribution in [0.1, 0.15) is 33.3 Å². The smallest absolute Gasteiger partial charge is 0.399 e. The number of hydrogen-bond acceptors (Lipinski definition) is 3. The van der Waals surface area contributed by atoms with Crippen LogP contribution in [0.4, 0.5) is 4.79 Å². The molecule has 22 heavy (non-hydrogen) atoms. The Morgan fingerprint density at radius 1 is 1.23 bits per heavy atom. The number of amides is 2. The normalized spacial score (nSPS) is 23.0. The lowest BCUT2D eigenvalue weighted by atomic mass is 9.78. The number of hydrogen-bond donors (Lipinski definition) is 1. The van der Waals surface area contributed by atoms with Crippen molar-refractivity contribution in [3.8, 4) is 0 Å². The first-order valence-electron chi connectivity index (χ1n) is 7.76. The number of nitrogens with one attached hydrogen (secondary N) is 1. The lowest BCUT2D eigenvalue weighted by Crippen LogP contribution is -2.41. The summed E-state index contributed by atoms with van der Waals surface area (Å²) in [6.45, 7) is 10.3. The van der Waals surface area contributed by atoms with Crippen LogP contribution in [0.3, 0.4) is 0 Å². The van der Waals surface area contributed by atoms with E-state index in [0.29, 0.717) is 6.54 Å². The molecular formula is C16H23BN2O3. The van der Waals surface area contributed by atoms with E-state index in [4.69, 9.17) is 9.31 Å². The molecule has 5 nitrogen and oxygen atoms in total. The molecule has 2 amide bonds. The van der Waals surface area contributed by atoms with Gasteiger partial charge in [0, 0.05) is 19.6 Å². The van der Waals surface area contributed by atoms with Gasteiger partial charge in [-0.25, -0.2) is 4.79 Å². The SMILES string of the molecule is CC1(C)OB(c2cccc(CN3CCNC3=O)c2)OC1(C)C. The van der Waals surface area contributed by atoms with Crippen molar-refractivity contribution in [2.75, 3.05) is 13.1 Å². The Hall–Kier alpha value is -1.53. The van der Waals surface area contributed by atoms with Crippen LogP contribution in [0.5, 0.6) is 0 Å². The summed E-state index contributed by atoms with van der Waals surface area (Å²) in [5.41, 5.74) is 1.39. The number of benzene rings is 1. The van der Waals surface area contributed by atoms with E-state index in [9.17, 15) is 4.79 Å². The standard InChI is InChI=1S/C16H23BN2O3/c1-15(2)16(3,4)22-17(21-15)13-7-5-6-12(10-13)11-19-9-8-18-14(19)20/h5-7,10H,8-9,11H2,1-4H3,(H,18,20). The minimum Gasteiger partial charge on any atom is -0.399 e. The third-order valence-electron chi connectivity index (χ3n) is 4.80. The first kappa shape index (κ1) is 15.4. The summed E-state index contributed by atoms with van der Waals surface area (Å²) in [6.07, 6.45) is 0. The molecular weight excluding hydrogens is 279 g/mol.